The van der Waals surface area contributed by atoms with E-state index in [0.29, 0.717) is 0 Å². The van der Waals surface area contributed by atoms with Crippen LogP contribution in [0.15, 0.2) is 12.4 Å². The van der Waals surface area contributed by atoms with Gasteiger partial charge in [0.2, 0.25) is 0 Å². The zero-order valence-corrected chi connectivity index (χ0v) is 6.88. The molecule has 3 heteroatoms. The number of rotatable bonds is 3. The first kappa shape index (κ1) is 11.3. The Hall–Kier alpha value is 0.340. The molecule has 0 spiro atoms. The summed E-state index contributed by atoms with van der Waals surface area (Å²) >= 11 is 0. The van der Waals surface area contributed by atoms with E-state index in [0.717, 1.165) is 6.67 Å². The molecule has 0 saturated heterocycles. The number of hydrogen-bond donors (Lipinski definition) is 0. The average molecular weight is 164 g/mol. The Morgan fingerprint density at radius 2 is 2.09 bits per heavy atom. The minimum absolute atomic E-state index is 0. The number of unbranched alkanes of at least 4 members (excludes halogenated alkanes) is 1. The Morgan fingerprint density at radius 1 is 1.36 bits per heavy atom. The fourth-order valence-corrected chi connectivity index (χ4v) is 1.10. The summed E-state index contributed by atoms with van der Waals surface area (Å²) in [6.07, 6.45) is 6.87. The van der Waals surface area contributed by atoms with Gasteiger partial charge in [-0.3, -0.25) is 0 Å². The summed E-state index contributed by atoms with van der Waals surface area (Å²) < 4.78 is 0. The average Bonchev–Trinajstić information content (AvgIpc) is 2.31. The van der Waals surface area contributed by atoms with Crippen molar-refractivity contribution < 1.29 is 0 Å². The quantitative estimate of drug-likeness (QED) is 0.570. The molecule has 1 aliphatic rings. The van der Waals surface area contributed by atoms with Crippen molar-refractivity contribution in [2.45, 2.75) is 19.8 Å². The summed E-state index contributed by atoms with van der Waals surface area (Å²) in [5, 5.41) is 0. The van der Waals surface area contributed by atoms with Gasteiger partial charge in [-0.2, -0.15) is 0 Å². The van der Waals surface area contributed by atoms with Gasteiger partial charge in [0, 0.05) is 26.0 Å². The third kappa shape index (κ3) is 4.04. The van der Waals surface area contributed by atoms with E-state index >= 15 is 0 Å². The molecule has 0 aromatic heterocycles. The van der Waals surface area contributed by atoms with Crippen LogP contribution in [0.4, 0.5) is 0 Å². The van der Waals surface area contributed by atoms with Crippen LogP contribution in [0.5, 0.6) is 0 Å². The number of hydrogen-bond acceptors (Lipinski definition) is 2. The Labute approximate surface area is 91.5 Å². The first-order chi connectivity index (χ1) is 4.83. The molecule has 0 N–H and O–H groups in total. The minimum atomic E-state index is 0. The van der Waals surface area contributed by atoms with Crippen LogP contribution in [0.3, 0.4) is 0 Å². The molecule has 1 aliphatic heterocycles. The van der Waals surface area contributed by atoms with Crippen molar-refractivity contribution in [3.8, 4) is 0 Å². The summed E-state index contributed by atoms with van der Waals surface area (Å²) in [7, 11) is 2.10. The molecule has 0 atom stereocenters. The van der Waals surface area contributed by atoms with Crippen LogP contribution in [0.25, 0.3) is 0 Å². The van der Waals surface area contributed by atoms with E-state index in [2.05, 4.69) is 36.2 Å². The molecule has 2 nitrogen and oxygen atoms in total. The predicted octanol–water partition coefficient (Wildman–Crippen LogP) is 0.814. The molecule has 1 heterocycles. The fourth-order valence-electron chi connectivity index (χ4n) is 1.10. The molecule has 0 amide bonds. The van der Waals surface area contributed by atoms with E-state index in [-0.39, 0.29) is 29.6 Å². The monoisotopic (exact) mass is 164 g/mol. The summed E-state index contributed by atoms with van der Waals surface area (Å²) in [4.78, 5) is 4.53. The third-order valence-electron chi connectivity index (χ3n) is 1.74. The van der Waals surface area contributed by atoms with Gasteiger partial charge >= 0.3 is 29.6 Å². The van der Waals surface area contributed by atoms with Crippen molar-refractivity contribution in [1.29, 1.82) is 0 Å². The molecular weight excluding hydrogens is 147 g/mol. The number of nitrogens with zero attached hydrogens (tertiary/aromatic N) is 2. The Bertz CT molecular complexity index is 125. The first-order valence-electron chi connectivity index (χ1n) is 3.95. The van der Waals surface area contributed by atoms with E-state index < -0.39 is 0 Å². The molecule has 0 bridgehead atoms. The van der Waals surface area contributed by atoms with Crippen molar-refractivity contribution in [3.63, 3.8) is 0 Å². The second kappa shape index (κ2) is 5.92. The molecule has 60 valence electrons. The Balaban J connectivity index is 0.000001000. The first-order valence-corrected chi connectivity index (χ1v) is 3.95. The second-order valence-corrected chi connectivity index (χ2v) is 2.86. The maximum absolute atomic E-state index is 2.34. The topological polar surface area (TPSA) is 6.48 Å². The third-order valence-corrected chi connectivity index (χ3v) is 1.74. The van der Waals surface area contributed by atoms with Crippen molar-refractivity contribution >= 4 is 29.6 Å². The van der Waals surface area contributed by atoms with Crippen LogP contribution in [-0.4, -0.2) is 59.6 Å². The van der Waals surface area contributed by atoms with Gasteiger partial charge < -0.3 is 9.80 Å². The van der Waals surface area contributed by atoms with Gasteiger partial charge in [-0.1, -0.05) is 13.3 Å². The van der Waals surface area contributed by atoms with E-state index in [1.54, 1.807) is 0 Å². The standard InChI is InChI=1S/C8H16N2.Na.H/c1-3-4-5-10-7-6-9(2)8-10;;/h6-7H,3-5,8H2,1-2H3;;. The summed E-state index contributed by atoms with van der Waals surface area (Å²) in [5.41, 5.74) is 0. The molecule has 0 saturated carbocycles. The van der Waals surface area contributed by atoms with Crippen molar-refractivity contribution in [1.82, 2.24) is 9.80 Å². The molecular formula is C8H17N2Na. The van der Waals surface area contributed by atoms with E-state index in [4.69, 9.17) is 0 Å². The molecule has 0 radical (unpaired) electrons. The van der Waals surface area contributed by atoms with Crippen LogP contribution >= 0.6 is 0 Å². The predicted molar refractivity (Wildman–Crippen MR) is 50.5 cm³/mol. The van der Waals surface area contributed by atoms with E-state index in [9.17, 15) is 0 Å². The summed E-state index contributed by atoms with van der Waals surface area (Å²) in [6, 6.07) is 0. The molecule has 0 aromatic rings. The van der Waals surface area contributed by atoms with Gasteiger partial charge in [0.25, 0.3) is 0 Å². The molecule has 0 aliphatic carbocycles. The van der Waals surface area contributed by atoms with Gasteiger partial charge in [-0.15, -0.1) is 0 Å². The van der Waals surface area contributed by atoms with Crippen molar-refractivity contribution in [2.75, 3.05) is 20.3 Å². The molecule has 11 heavy (non-hydrogen) atoms. The van der Waals surface area contributed by atoms with Crippen LogP contribution in [-0.2, 0) is 0 Å². The van der Waals surface area contributed by atoms with Gasteiger partial charge in [-0.05, 0) is 6.42 Å². The van der Waals surface area contributed by atoms with Crippen molar-refractivity contribution in [3.05, 3.63) is 12.4 Å². The van der Waals surface area contributed by atoms with Gasteiger partial charge in [0.1, 0.15) is 0 Å². The SMILES string of the molecule is CCCCN1C=CN(C)C1.[NaH]. The zero-order valence-electron chi connectivity index (χ0n) is 6.88. The summed E-state index contributed by atoms with van der Waals surface area (Å²) in [5.74, 6) is 0. The maximum atomic E-state index is 2.34. The van der Waals surface area contributed by atoms with Crippen LogP contribution in [0, 0.1) is 0 Å². The van der Waals surface area contributed by atoms with E-state index in [1.165, 1.54) is 19.4 Å². The summed E-state index contributed by atoms with van der Waals surface area (Å²) in [6.45, 7) is 4.50. The second-order valence-electron chi connectivity index (χ2n) is 2.86. The Morgan fingerprint density at radius 3 is 2.55 bits per heavy atom. The van der Waals surface area contributed by atoms with Gasteiger partial charge in [0.05, 0.1) is 6.67 Å². The normalized spacial score (nSPS) is 15.5. The Kier molecular flexibility index (Phi) is 6.11. The molecule has 0 fully saturated rings. The zero-order chi connectivity index (χ0) is 7.40. The molecule has 0 aromatic carbocycles. The molecule has 0 unspecified atom stereocenters. The fraction of sp³-hybridized carbons (Fsp3) is 0.750. The van der Waals surface area contributed by atoms with Crippen LogP contribution in [0.2, 0.25) is 0 Å². The van der Waals surface area contributed by atoms with E-state index in [1.807, 2.05) is 0 Å². The van der Waals surface area contributed by atoms with Crippen LogP contribution < -0.4 is 0 Å². The molecule has 1 rings (SSSR count). The van der Waals surface area contributed by atoms with Crippen molar-refractivity contribution in [2.24, 2.45) is 0 Å². The van der Waals surface area contributed by atoms with Gasteiger partial charge in [0.15, 0.2) is 0 Å². The van der Waals surface area contributed by atoms with Crippen LogP contribution in [0.1, 0.15) is 19.8 Å². The van der Waals surface area contributed by atoms with Gasteiger partial charge in [-0.25, -0.2) is 0 Å².